The Morgan fingerprint density at radius 1 is 1.33 bits per heavy atom. The van der Waals surface area contributed by atoms with E-state index in [9.17, 15) is 17.6 Å². The smallest absolute Gasteiger partial charge is 0.211 e. The Morgan fingerprint density at radius 3 is 2.67 bits per heavy atom. The number of hydrogen-bond donors (Lipinski definition) is 1. The van der Waals surface area contributed by atoms with E-state index in [4.69, 9.17) is 4.74 Å². The molecule has 1 aromatic carbocycles. The zero-order valence-electron chi connectivity index (χ0n) is 14.0. The van der Waals surface area contributed by atoms with Crippen LogP contribution in [0.25, 0.3) is 0 Å². The standard InChI is InChI=1S/C17H24FNO4S/c1-3-24(21,22)19-17-7-5-4-6-13(17)11-23-14-8-9-15(12(2)20)16(18)10-14/h8-10,13,17,19H,3-7,11H2,1-2H3/t13-,17+/m1/s1. The van der Waals surface area contributed by atoms with Gasteiger partial charge in [0.25, 0.3) is 0 Å². The summed E-state index contributed by atoms with van der Waals surface area (Å²) in [6.45, 7) is 3.23. The average Bonchev–Trinajstić information content (AvgIpc) is 2.53. The Morgan fingerprint density at radius 2 is 2.04 bits per heavy atom. The van der Waals surface area contributed by atoms with Gasteiger partial charge in [-0.2, -0.15) is 0 Å². The molecule has 1 aliphatic carbocycles. The highest BCUT2D eigenvalue weighted by Gasteiger charge is 2.28. The quantitative estimate of drug-likeness (QED) is 0.762. The Labute approximate surface area is 142 Å². The van der Waals surface area contributed by atoms with Crippen LogP contribution in [0.4, 0.5) is 4.39 Å². The Kier molecular flexibility index (Phi) is 6.34. The largest absolute Gasteiger partial charge is 0.493 e. The zero-order valence-corrected chi connectivity index (χ0v) is 14.9. The first-order valence-corrected chi connectivity index (χ1v) is 9.91. The third-order valence-corrected chi connectivity index (χ3v) is 5.83. The number of benzene rings is 1. The van der Waals surface area contributed by atoms with Crippen molar-refractivity contribution < 1.29 is 22.3 Å². The van der Waals surface area contributed by atoms with Crippen LogP contribution in [0, 0.1) is 11.7 Å². The van der Waals surface area contributed by atoms with Gasteiger partial charge in [-0.3, -0.25) is 4.79 Å². The van der Waals surface area contributed by atoms with Gasteiger partial charge in [-0.1, -0.05) is 12.8 Å². The van der Waals surface area contributed by atoms with Gasteiger partial charge in [0.05, 0.1) is 17.9 Å². The molecule has 0 radical (unpaired) electrons. The second-order valence-corrected chi connectivity index (χ2v) is 8.22. The molecule has 1 aromatic rings. The molecule has 1 fully saturated rings. The van der Waals surface area contributed by atoms with Crippen molar-refractivity contribution in [1.29, 1.82) is 0 Å². The van der Waals surface area contributed by atoms with E-state index < -0.39 is 15.8 Å². The van der Waals surface area contributed by atoms with Gasteiger partial charge < -0.3 is 4.74 Å². The molecule has 2 atom stereocenters. The van der Waals surface area contributed by atoms with Gasteiger partial charge in [0.15, 0.2) is 5.78 Å². The molecule has 1 N–H and O–H groups in total. The Balaban J connectivity index is 2.01. The highest BCUT2D eigenvalue weighted by Crippen LogP contribution is 2.26. The van der Waals surface area contributed by atoms with Gasteiger partial charge in [-0.25, -0.2) is 17.5 Å². The molecule has 0 saturated heterocycles. The van der Waals surface area contributed by atoms with E-state index in [0.717, 1.165) is 25.7 Å². The number of Topliss-reactive ketones (excluding diaryl/α,β-unsaturated/α-hetero) is 1. The fourth-order valence-corrected chi connectivity index (χ4v) is 3.89. The first-order valence-electron chi connectivity index (χ1n) is 8.25. The second kappa shape index (κ2) is 8.07. The monoisotopic (exact) mass is 357 g/mol. The highest BCUT2D eigenvalue weighted by molar-refractivity contribution is 7.89. The minimum Gasteiger partial charge on any atom is -0.493 e. The van der Waals surface area contributed by atoms with Gasteiger partial charge in [-0.15, -0.1) is 0 Å². The molecule has 0 spiro atoms. The predicted molar refractivity (Wildman–Crippen MR) is 90.2 cm³/mol. The lowest BCUT2D eigenvalue weighted by molar-refractivity contribution is 0.101. The second-order valence-electron chi connectivity index (χ2n) is 6.18. The summed E-state index contributed by atoms with van der Waals surface area (Å²) in [5.41, 5.74) is 0.0357. The van der Waals surface area contributed by atoms with Crippen LogP contribution >= 0.6 is 0 Å². The van der Waals surface area contributed by atoms with E-state index in [0.29, 0.717) is 12.4 Å². The van der Waals surface area contributed by atoms with Gasteiger partial charge in [0.1, 0.15) is 11.6 Å². The topological polar surface area (TPSA) is 72.5 Å². The Bertz CT molecular complexity index is 690. The lowest BCUT2D eigenvalue weighted by atomic mass is 9.86. The highest BCUT2D eigenvalue weighted by atomic mass is 32.2. The number of nitrogens with one attached hydrogen (secondary N) is 1. The normalized spacial score (nSPS) is 21.5. The maximum absolute atomic E-state index is 13.8. The number of sulfonamides is 1. The minimum atomic E-state index is -3.26. The number of rotatable bonds is 7. The minimum absolute atomic E-state index is 0.0357. The third kappa shape index (κ3) is 5.01. The summed E-state index contributed by atoms with van der Waals surface area (Å²) in [4.78, 5) is 11.2. The molecular weight excluding hydrogens is 333 g/mol. The molecule has 0 bridgehead atoms. The fourth-order valence-electron chi connectivity index (χ4n) is 2.95. The van der Waals surface area contributed by atoms with Crippen molar-refractivity contribution in [3.8, 4) is 5.75 Å². The van der Waals surface area contributed by atoms with Crippen LogP contribution in [-0.4, -0.2) is 32.6 Å². The summed E-state index contributed by atoms with van der Waals surface area (Å²) in [5.74, 6) is -0.488. The molecule has 24 heavy (non-hydrogen) atoms. The van der Waals surface area contributed by atoms with Gasteiger partial charge in [0.2, 0.25) is 10.0 Å². The van der Waals surface area contributed by atoms with E-state index in [2.05, 4.69) is 4.72 Å². The van der Waals surface area contributed by atoms with E-state index in [1.165, 1.54) is 19.1 Å². The van der Waals surface area contributed by atoms with E-state index >= 15 is 0 Å². The van der Waals surface area contributed by atoms with Crippen LogP contribution in [0.5, 0.6) is 5.75 Å². The number of ether oxygens (including phenoxy) is 1. The molecule has 1 saturated carbocycles. The first-order chi connectivity index (χ1) is 11.3. The first kappa shape index (κ1) is 18.9. The van der Waals surface area contributed by atoms with Gasteiger partial charge in [0, 0.05) is 18.0 Å². The van der Waals surface area contributed by atoms with Crippen LogP contribution in [0.3, 0.4) is 0 Å². The van der Waals surface area contributed by atoms with Crippen LogP contribution in [-0.2, 0) is 10.0 Å². The van der Waals surface area contributed by atoms with Crippen molar-refractivity contribution in [3.63, 3.8) is 0 Å². The summed E-state index contributed by atoms with van der Waals surface area (Å²) in [6.07, 6.45) is 3.65. The zero-order chi connectivity index (χ0) is 17.7. The summed E-state index contributed by atoms with van der Waals surface area (Å²) >= 11 is 0. The van der Waals surface area contributed by atoms with E-state index in [1.54, 1.807) is 13.0 Å². The number of halogens is 1. The number of carbonyl (C=O) groups is 1. The van der Waals surface area contributed by atoms with Crippen molar-refractivity contribution in [1.82, 2.24) is 4.72 Å². The maximum atomic E-state index is 13.8. The van der Waals surface area contributed by atoms with Crippen LogP contribution in [0.1, 0.15) is 49.9 Å². The SMILES string of the molecule is CCS(=O)(=O)N[C@H]1CCCC[C@@H]1COc1ccc(C(C)=O)c(F)c1. The van der Waals surface area contributed by atoms with Gasteiger partial charge >= 0.3 is 0 Å². The van der Waals surface area contributed by atoms with Crippen molar-refractivity contribution in [2.75, 3.05) is 12.4 Å². The van der Waals surface area contributed by atoms with Crippen molar-refractivity contribution in [3.05, 3.63) is 29.6 Å². The van der Waals surface area contributed by atoms with Crippen molar-refractivity contribution >= 4 is 15.8 Å². The molecule has 7 heteroatoms. The lowest BCUT2D eigenvalue weighted by Gasteiger charge is -2.31. The van der Waals surface area contributed by atoms with Crippen molar-refractivity contribution in [2.24, 2.45) is 5.92 Å². The average molecular weight is 357 g/mol. The maximum Gasteiger partial charge on any atom is 0.211 e. The van der Waals surface area contributed by atoms with Crippen LogP contribution < -0.4 is 9.46 Å². The van der Waals surface area contributed by atoms with Gasteiger partial charge in [-0.05, 0) is 38.8 Å². The summed E-state index contributed by atoms with van der Waals surface area (Å²) in [5, 5.41) is 0. The number of carbonyl (C=O) groups excluding carboxylic acids is 1. The molecular formula is C17H24FNO4S. The van der Waals surface area contributed by atoms with Crippen LogP contribution in [0.15, 0.2) is 18.2 Å². The molecule has 0 heterocycles. The van der Waals surface area contributed by atoms with E-state index in [1.807, 2.05) is 0 Å². The van der Waals surface area contributed by atoms with Crippen LogP contribution in [0.2, 0.25) is 0 Å². The lowest BCUT2D eigenvalue weighted by Crippen LogP contribution is -2.44. The fraction of sp³-hybridized carbons (Fsp3) is 0.588. The Hall–Kier alpha value is -1.47. The summed E-state index contributed by atoms with van der Waals surface area (Å²) in [6, 6.07) is 4.02. The van der Waals surface area contributed by atoms with Crippen molar-refractivity contribution in [2.45, 2.75) is 45.6 Å². The molecule has 134 valence electrons. The predicted octanol–water partition coefficient (Wildman–Crippen LogP) is 2.91. The summed E-state index contributed by atoms with van der Waals surface area (Å²) in [7, 11) is -3.26. The summed E-state index contributed by atoms with van der Waals surface area (Å²) < 4.78 is 45.8. The molecule has 0 amide bonds. The van der Waals surface area contributed by atoms with E-state index in [-0.39, 0.29) is 29.1 Å². The molecule has 0 aromatic heterocycles. The molecule has 0 unspecified atom stereocenters. The molecule has 5 nitrogen and oxygen atoms in total. The molecule has 1 aliphatic rings. The molecule has 0 aliphatic heterocycles. The number of hydrogen-bond acceptors (Lipinski definition) is 4. The molecule has 2 rings (SSSR count). The third-order valence-electron chi connectivity index (χ3n) is 4.40. The number of ketones is 1.